The lowest BCUT2D eigenvalue weighted by Crippen LogP contribution is -2.41. The molecule has 3 heteroatoms. The molecule has 1 aliphatic carbocycles. The van der Waals surface area contributed by atoms with Crippen molar-refractivity contribution in [3.8, 4) is 0 Å². The van der Waals surface area contributed by atoms with Gasteiger partial charge in [0.25, 0.3) is 0 Å². The van der Waals surface area contributed by atoms with E-state index >= 15 is 0 Å². The molecular weight excluding hydrogens is 312 g/mol. The second-order valence-corrected chi connectivity index (χ2v) is 7.38. The van der Waals surface area contributed by atoms with Crippen LogP contribution in [0.5, 0.6) is 0 Å². The largest absolute Gasteiger partial charge is 0.342 e. The van der Waals surface area contributed by atoms with Crippen LogP contribution in [0.1, 0.15) is 36.5 Å². The Balaban J connectivity index is 1.77. The molecule has 0 aromatic heterocycles. The maximum absolute atomic E-state index is 5.78. The Labute approximate surface area is 150 Å². The molecule has 0 heterocycles. The Bertz CT molecular complexity index is 687. The van der Waals surface area contributed by atoms with Crippen LogP contribution in [0.15, 0.2) is 48.5 Å². The standard InChI is InChI=1S/C21H26N2S/c1-15-11-16(2)13-20(12-15)22-21(24)23(17(3)19-9-10-19)14-18-7-5-4-6-8-18/h4-8,11-13,17,19H,9-10,14H2,1-3H3,(H,22,24). The fourth-order valence-electron chi connectivity index (χ4n) is 3.26. The predicted molar refractivity (Wildman–Crippen MR) is 106 cm³/mol. The van der Waals surface area contributed by atoms with Crippen LogP contribution >= 0.6 is 12.2 Å². The summed E-state index contributed by atoms with van der Waals surface area (Å²) in [7, 11) is 0. The molecule has 3 rings (SSSR count). The van der Waals surface area contributed by atoms with Gasteiger partial charge in [0.2, 0.25) is 0 Å². The molecule has 1 unspecified atom stereocenters. The molecule has 0 spiro atoms. The maximum Gasteiger partial charge on any atom is 0.173 e. The van der Waals surface area contributed by atoms with Crippen LogP contribution in [0.4, 0.5) is 5.69 Å². The first-order chi connectivity index (χ1) is 11.5. The first-order valence-corrected chi connectivity index (χ1v) is 9.13. The summed E-state index contributed by atoms with van der Waals surface area (Å²) in [5.74, 6) is 0.771. The van der Waals surface area contributed by atoms with Gasteiger partial charge in [-0.25, -0.2) is 0 Å². The molecule has 1 fully saturated rings. The molecule has 2 nitrogen and oxygen atoms in total. The monoisotopic (exact) mass is 338 g/mol. The highest BCUT2D eigenvalue weighted by molar-refractivity contribution is 7.80. The Morgan fingerprint density at radius 2 is 1.75 bits per heavy atom. The number of thiocarbonyl (C=S) groups is 1. The molecule has 24 heavy (non-hydrogen) atoms. The zero-order valence-electron chi connectivity index (χ0n) is 14.8. The SMILES string of the molecule is Cc1cc(C)cc(NC(=S)N(Cc2ccccc2)C(C)C2CC2)c1. The van der Waals surface area contributed by atoms with Crippen LogP contribution in [0, 0.1) is 19.8 Å². The zero-order valence-corrected chi connectivity index (χ0v) is 15.6. The van der Waals surface area contributed by atoms with Crippen molar-refractivity contribution in [3.05, 3.63) is 65.2 Å². The zero-order chi connectivity index (χ0) is 17.1. The minimum atomic E-state index is 0.469. The Morgan fingerprint density at radius 1 is 1.12 bits per heavy atom. The third-order valence-electron chi connectivity index (χ3n) is 4.73. The first kappa shape index (κ1) is 17.0. The molecule has 2 aromatic carbocycles. The van der Waals surface area contributed by atoms with Gasteiger partial charge in [0.1, 0.15) is 0 Å². The van der Waals surface area contributed by atoms with E-state index in [0.29, 0.717) is 6.04 Å². The quantitative estimate of drug-likeness (QED) is 0.745. The number of anilines is 1. The summed E-state index contributed by atoms with van der Waals surface area (Å²) in [6, 6.07) is 17.6. The summed E-state index contributed by atoms with van der Waals surface area (Å²) in [5.41, 5.74) is 4.89. The van der Waals surface area contributed by atoms with E-state index in [4.69, 9.17) is 12.2 Å². The van der Waals surface area contributed by atoms with Gasteiger partial charge < -0.3 is 10.2 Å². The summed E-state index contributed by atoms with van der Waals surface area (Å²) in [4.78, 5) is 2.35. The summed E-state index contributed by atoms with van der Waals surface area (Å²) >= 11 is 5.78. The molecule has 0 aliphatic heterocycles. The van der Waals surface area contributed by atoms with Crippen molar-refractivity contribution in [2.24, 2.45) is 5.92 Å². The topological polar surface area (TPSA) is 15.3 Å². The highest BCUT2D eigenvalue weighted by Crippen LogP contribution is 2.36. The summed E-state index contributed by atoms with van der Waals surface area (Å²) < 4.78 is 0. The molecule has 1 saturated carbocycles. The maximum atomic E-state index is 5.78. The molecule has 0 radical (unpaired) electrons. The van der Waals surface area contributed by atoms with Gasteiger partial charge in [-0.05, 0) is 80.6 Å². The minimum Gasteiger partial charge on any atom is -0.342 e. The van der Waals surface area contributed by atoms with Gasteiger partial charge in [0, 0.05) is 18.3 Å². The van der Waals surface area contributed by atoms with Gasteiger partial charge in [-0.3, -0.25) is 0 Å². The molecule has 0 bridgehead atoms. The number of hydrogen-bond acceptors (Lipinski definition) is 1. The number of aryl methyl sites for hydroxylation is 2. The van der Waals surface area contributed by atoms with Crippen LogP contribution in [0.2, 0.25) is 0 Å². The Kier molecular flexibility index (Phi) is 5.20. The number of rotatable bonds is 5. The Morgan fingerprint density at radius 3 is 2.33 bits per heavy atom. The van der Waals surface area contributed by atoms with E-state index in [-0.39, 0.29) is 0 Å². The fourth-order valence-corrected chi connectivity index (χ4v) is 3.60. The van der Waals surface area contributed by atoms with E-state index in [2.05, 4.69) is 79.5 Å². The van der Waals surface area contributed by atoms with Crippen LogP contribution in [0.3, 0.4) is 0 Å². The van der Waals surface area contributed by atoms with Crippen molar-refractivity contribution in [1.82, 2.24) is 4.90 Å². The lowest BCUT2D eigenvalue weighted by molar-refractivity contribution is 0.298. The van der Waals surface area contributed by atoms with Crippen molar-refractivity contribution >= 4 is 23.0 Å². The summed E-state index contributed by atoms with van der Waals surface area (Å²) in [5, 5.41) is 4.29. The van der Waals surface area contributed by atoms with Gasteiger partial charge >= 0.3 is 0 Å². The van der Waals surface area contributed by atoms with Crippen molar-refractivity contribution in [2.75, 3.05) is 5.32 Å². The molecule has 1 atom stereocenters. The molecular formula is C21H26N2S. The minimum absolute atomic E-state index is 0.469. The molecule has 126 valence electrons. The fraction of sp³-hybridized carbons (Fsp3) is 0.381. The molecule has 1 aliphatic rings. The number of hydrogen-bond donors (Lipinski definition) is 1. The van der Waals surface area contributed by atoms with Gasteiger partial charge in [0.05, 0.1) is 0 Å². The van der Waals surface area contributed by atoms with Gasteiger partial charge in [0.15, 0.2) is 5.11 Å². The van der Waals surface area contributed by atoms with Gasteiger partial charge in [-0.1, -0.05) is 36.4 Å². The van der Waals surface area contributed by atoms with E-state index in [1.807, 2.05) is 0 Å². The normalized spacial score (nSPS) is 15.0. The van der Waals surface area contributed by atoms with Crippen LogP contribution in [-0.2, 0) is 6.54 Å². The molecule has 0 amide bonds. The number of nitrogens with zero attached hydrogens (tertiary/aromatic N) is 1. The molecule has 1 N–H and O–H groups in total. The number of nitrogens with one attached hydrogen (secondary N) is 1. The van der Waals surface area contributed by atoms with Crippen molar-refractivity contribution in [1.29, 1.82) is 0 Å². The predicted octanol–water partition coefficient (Wildman–Crippen LogP) is 5.30. The van der Waals surface area contributed by atoms with Crippen molar-refractivity contribution in [2.45, 2.75) is 46.2 Å². The van der Waals surface area contributed by atoms with Crippen molar-refractivity contribution < 1.29 is 0 Å². The molecule has 2 aromatic rings. The van der Waals surface area contributed by atoms with E-state index in [9.17, 15) is 0 Å². The second-order valence-electron chi connectivity index (χ2n) is 7.00. The van der Waals surface area contributed by atoms with E-state index < -0.39 is 0 Å². The molecule has 0 saturated heterocycles. The highest BCUT2D eigenvalue weighted by atomic mass is 32.1. The first-order valence-electron chi connectivity index (χ1n) is 8.73. The third kappa shape index (κ3) is 4.35. The highest BCUT2D eigenvalue weighted by Gasteiger charge is 2.33. The van der Waals surface area contributed by atoms with Crippen molar-refractivity contribution in [3.63, 3.8) is 0 Å². The van der Waals surface area contributed by atoms with Gasteiger partial charge in [-0.2, -0.15) is 0 Å². The third-order valence-corrected chi connectivity index (χ3v) is 5.06. The smallest absolute Gasteiger partial charge is 0.173 e. The summed E-state index contributed by atoms with van der Waals surface area (Å²) in [6.45, 7) is 7.40. The van der Waals surface area contributed by atoms with Crippen LogP contribution in [0.25, 0.3) is 0 Å². The lowest BCUT2D eigenvalue weighted by atomic mass is 10.1. The second kappa shape index (κ2) is 7.35. The Hall–Kier alpha value is -1.87. The van der Waals surface area contributed by atoms with Crippen LogP contribution in [-0.4, -0.2) is 16.1 Å². The summed E-state index contributed by atoms with van der Waals surface area (Å²) in [6.07, 6.45) is 2.64. The average molecular weight is 339 g/mol. The van der Waals surface area contributed by atoms with E-state index in [1.165, 1.54) is 29.5 Å². The van der Waals surface area contributed by atoms with Crippen LogP contribution < -0.4 is 5.32 Å². The van der Waals surface area contributed by atoms with E-state index in [0.717, 1.165) is 23.3 Å². The number of benzene rings is 2. The lowest BCUT2D eigenvalue weighted by Gasteiger charge is -2.32. The average Bonchev–Trinajstić information content (AvgIpc) is 3.36. The van der Waals surface area contributed by atoms with E-state index in [1.54, 1.807) is 0 Å². The van der Waals surface area contributed by atoms with Gasteiger partial charge in [-0.15, -0.1) is 0 Å².